The van der Waals surface area contributed by atoms with Crippen LogP contribution in [-0.4, -0.2) is 16.0 Å². The molecule has 2 aromatic rings. The molecule has 0 spiro atoms. The van der Waals surface area contributed by atoms with Gasteiger partial charge >= 0.3 is 6.18 Å². The van der Waals surface area contributed by atoms with Crippen LogP contribution >= 0.6 is 11.8 Å². The Labute approximate surface area is 132 Å². The Bertz CT molecular complexity index is 715. The van der Waals surface area contributed by atoms with Crippen LogP contribution in [0, 0.1) is 11.6 Å². The highest BCUT2D eigenvalue weighted by molar-refractivity contribution is 8.00. The lowest BCUT2D eigenvalue weighted by Gasteiger charge is -2.11. The number of carbonyl (C=O) groups is 1. The number of nitrogens with zero attached hydrogens (tertiary/aromatic N) is 1. The lowest BCUT2D eigenvalue weighted by atomic mass is 10.1. The van der Waals surface area contributed by atoms with E-state index in [9.17, 15) is 26.7 Å². The number of hydrogen-bond acceptors (Lipinski definition) is 3. The molecule has 0 N–H and O–H groups in total. The first kappa shape index (κ1) is 17.4. The van der Waals surface area contributed by atoms with E-state index in [4.69, 9.17) is 0 Å². The van der Waals surface area contributed by atoms with E-state index < -0.39 is 34.4 Å². The van der Waals surface area contributed by atoms with Gasteiger partial charge in [0.15, 0.2) is 5.78 Å². The summed E-state index contributed by atoms with van der Waals surface area (Å²) < 4.78 is 63.7. The van der Waals surface area contributed by atoms with Gasteiger partial charge in [-0.1, -0.05) is 11.8 Å². The largest absolute Gasteiger partial charge is 0.417 e. The predicted molar refractivity (Wildman–Crippen MR) is 75.2 cm³/mol. The number of rotatable bonds is 4. The Morgan fingerprint density at radius 2 is 1.87 bits per heavy atom. The fraction of sp³-hybridized carbons (Fsp3) is 0.200. The standard InChI is InChI=1S/C15H10F5NOS/c1-8(14(22)11-4-3-10(16)6-12(11)17)23-13-5-2-9(7-21-13)15(18,19)20/h2-8H,1H3. The summed E-state index contributed by atoms with van der Waals surface area (Å²) in [7, 11) is 0. The number of Topliss-reactive ketones (excluding diaryl/α,β-unsaturated/α-hetero) is 1. The summed E-state index contributed by atoms with van der Waals surface area (Å²) in [6, 6.07) is 4.58. The maximum absolute atomic E-state index is 13.6. The zero-order valence-corrected chi connectivity index (χ0v) is 12.5. The Morgan fingerprint density at radius 3 is 2.39 bits per heavy atom. The Morgan fingerprint density at radius 1 is 1.17 bits per heavy atom. The molecule has 0 aliphatic rings. The molecule has 0 aliphatic heterocycles. The zero-order valence-electron chi connectivity index (χ0n) is 11.7. The summed E-state index contributed by atoms with van der Waals surface area (Å²) in [4.78, 5) is 15.8. The van der Waals surface area contributed by atoms with Crippen LogP contribution < -0.4 is 0 Å². The number of ketones is 1. The van der Waals surface area contributed by atoms with Crippen molar-refractivity contribution in [2.24, 2.45) is 0 Å². The molecule has 0 fully saturated rings. The molecule has 0 aliphatic carbocycles. The monoisotopic (exact) mass is 347 g/mol. The van der Waals surface area contributed by atoms with Crippen molar-refractivity contribution in [1.82, 2.24) is 4.98 Å². The second-order valence-corrected chi connectivity index (χ2v) is 5.99. The number of carbonyl (C=O) groups excluding carboxylic acids is 1. The number of benzene rings is 1. The van der Waals surface area contributed by atoms with E-state index in [1.165, 1.54) is 6.92 Å². The van der Waals surface area contributed by atoms with E-state index in [0.717, 1.165) is 36.0 Å². The van der Waals surface area contributed by atoms with Gasteiger partial charge in [0.1, 0.15) is 11.6 Å². The lowest BCUT2D eigenvalue weighted by molar-refractivity contribution is -0.137. The molecule has 2 rings (SSSR count). The maximum Gasteiger partial charge on any atom is 0.417 e. The molecule has 0 saturated carbocycles. The van der Waals surface area contributed by atoms with Gasteiger partial charge in [0.05, 0.1) is 21.4 Å². The molecular weight excluding hydrogens is 337 g/mol. The minimum absolute atomic E-state index is 0.196. The molecule has 8 heteroatoms. The Hall–Kier alpha value is -1.96. The van der Waals surface area contributed by atoms with E-state index in [-0.39, 0.29) is 10.6 Å². The van der Waals surface area contributed by atoms with Crippen LogP contribution in [0.2, 0.25) is 0 Å². The topological polar surface area (TPSA) is 30.0 Å². The van der Waals surface area contributed by atoms with Gasteiger partial charge in [0.25, 0.3) is 0 Å². The van der Waals surface area contributed by atoms with Crippen molar-refractivity contribution >= 4 is 17.5 Å². The fourth-order valence-electron chi connectivity index (χ4n) is 1.76. The van der Waals surface area contributed by atoms with Crippen LogP contribution in [0.1, 0.15) is 22.8 Å². The number of alkyl halides is 3. The third-order valence-corrected chi connectivity index (χ3v) is 3.98. The van der Waals surface area contributed by atoms with E-state index in [1.54, 1.807) is 0 Å². The number of pyridine rings is 1. The van der Waals surface area contributed by atoms with Gasteiger partial charge in [-0.05, 0) is 31.2 Å². The highest BCUT2D eigenvalue weighted by Crippen LogP contribution is 2.31. The number of hydrogen-bond donors (Lipinski definition) is 0. The molecule has 0 amide bonds. The van der Waals surface area contributed by atoms with E-state index >= 15 is 0 Å². The maximum atomic E-state index is 13.6. The van der Waals surface area contributed by atoms with Crippen LogP contribution in [0.3, 0.4) is 0 Å². The zero-order chi connectivity index (χ0) is 17.2. The number of halogens is 5. The van der Waals surface area contributed by atoms with Crippen LogP contribution in [0.15, 0.2) is 41.6 Å². The van der Waals surface area contributed by atoms with Crippen LogP contribution in [0.5, 0.6) is 0 Å². The predicted octanol–water partition coefficient (Wildman–Crippen LogP) is 4.74. The molecule has 1 heterocycles. The summed E-state index contributed by atoms with van der Waals surface area (Å²) in [5.74, 6) is -2.39. The quantitative estimate of drug-likeness (QED) is 0.454. The van der Waals surface area contributed by atoms with Gasteiger partial charge in [0, 0.05) is 12.3 Å². The van der Waals surface area contributed by atoms with Crippen LogP contribution in [-0.2, 0) is 6.18 Å². The fourth-order valence-corrected chi connectivity index (χ4v) is 2.62. The third kappa shape index (κ3) is 4.28. The molecule has 1 aromatic carbocycles. The molecule has 1 unspecified atom stereocenters. The molecule has 2 nitrogen and oxygen atoms in total. The first-order valence-corrected chi connectivity index (χ1v) is 7.25. The first-order valence-electron chi connectivity index (χ1n) is 6.37. The summed E-state index contributed by atoms with van der Waals surface area (Å²) >= 11 is 0.890. The van der Waals surface area contributed by atoms with Gasteiger partial charge in [0.2, 0.25) is 0 Å². The van der Waals surface area contributed by atoms with Gasteiger partial charge in [-0.25, -0.2) is 13.8 Å². The smallest absolute Gasteiger partial charge is 0.293 e. The second-order valence-electron chi connectivity index (χ2n) is 4.63. The van der Waals surface area contributed by atoms with Crippen molar-refractivity contribution in [2.75, 3.05) is 0 Å². The van der Waals surface area contributed by atoms with Gasteiger partial charge in [-0.2, -0.15) is 13.2 Å². The first-order chi connectivity index (χ1) is 10.7. The molecule has 23 heavy (non-hydrogen) atoms. The van der Waals surface area contributed by atoms with Crippen LogP contribution in [0.4, 0.5) is 22.0 Å². The van der Waals surface area contributed by atoms with Crippen molar-refractivity contribution < 1.29 is 26.7 Å². The van der Waals surface area contributed by atoms with Crippen molar-refractivity contribution in [3.63, 3.8) is 0 Å². The SMILES string of the molecule is CC(Sc1ccc(C(F)(F)F)cn1)C(=O)c1ccc(F)cc1F. The van der Waals surface area contributed by atoms with Crippen LogP contribution in [0.25, 0.3) is 0 Å². The van der Waals surface area contributed by atoms with Crippen molar-refractivity contribution in [2.45, 2.75) is 23.4 Å². The Kier molecular flexibility index (Phi) is 5.03. The second kappa shape index (κ2) is 6.66. The average Bonchev–Trinajstić information content (AvgIpc) is 2.46. The molecule has 0 radical (unpaired) electrons. The highest BCUT2D eigenvalue weighted by Gasteiger charge is 2.31. The van der Waals surface area contributed by atoms with Gasteiger partial charge < -0.3 is 0 Å². The Balaban J connectivity index is 2.12. The highest BCUT2D eigenvalue weighted by atomic mass is 32.2. The van der Waals surface area contributed by atoms with Crippen molar-refractivity contribution in [3.8, 4) is 0 Å². The number of thioether (sulfide) groups is 1. The lowest BCUT2D eigenvalue weighted by Crippen LogP contribution is -2.15. The minimum atomic E-state index is -4.49. The molecule has 0 saturated heterocycles. The third-order valence-electron chi connectivity index (χ3n) is 2.93. The van der Waals surface area contributed by atoms with E-state index in [0.29, 0.717) is 12.3 Å². The van der Waals surface area contributed by atoms with E-state index in [1.807, 2.05) is 0 Å². The van der Waals surface area contributed by atoms with Gasteiger partial charge in [-0.15, -0.1) is 0 Å². The molecular formula is C15H10F5NOS. The number of aromatic nitrogens is 1. The molecule has 0 bridgehead atoms. The van der Waals surface area contributed by atoms with Crippen molar-refractivity contribution in [1.29, 1.82) is 0 Å². The average molecular weight is 347 g/mol. The summed E-state index contributed by atoms with van der Waals surface area (Å²) in [5.41, 5.74) is -1.18. The van der Waals surface area contributed by atoms with Crippen molar-refractivity contribution in [3.05, 3.63) is 59.3 Å². The summed E-state index contributed by atoms with van der Waals surface area (Å²) in [6.07, 6.45) is -3.83. The molecule has 122 valence electrons. The molecule has 1 atom stereocenters. The summed E-state index contributed by atoms with van der Waals surface area (Å²) in [6.45, 7) is 1.47. The summed E-state index contributed by atoms with van der Waals surface area (Å²) in [5, 5.41) is -0.597. The van der Waals surface area contributed by atoms with Gasteiger partial charge in [-0.3, -0.25) is 4.79 Å². The molecule has 1 aromatic heterocycles. The normalized spacial score (nSPS) is 13.0. The minimum Gasteiger partial charge on any atom is -0.293 e. The van der Waals surface area contributed by atoms with E-state index in [2.05, 4.69) is 4.98 Å².